The molecule has 0 amide bonds. The van der Waals surface area contributed by atoms with E-state index in [1.807, 2.05) is 72.8 Å². The van der Waals surface area contributed by atoms with Crippen LogP contribution >= 0.6 is 11.3 Å². The number of thiophene rings is 1. The van der Waals surface area contributed by atoms with Crippen LogP contribution in [-0.4, -0.2) is 15.0 Å². The van der Waals surface area contributed by atoms with Crippen molar-refractivity contribution < 1.29 is 19.5 Å². The Bertz CT molecular complexity index is 3100. The van der Waals surface area contributed by atoms with E-state index in [1.165, 1.54) is 0 Å². The first-order valence-corrected chi connectivity index (χ1v) is 14.5. The third-order valence-corrected chi connectivity index (χ3v) is 8.31. The molecule has 4 nitrogen and oxygen atoms in total. The van der Waals surface area contributed by atoms with Crippen molar-refractivity contribution in [3.8, 4) is 45.3 Å². The minimum atomic E-state index is -0.659. The van der Waals surface area contributed by atoms with Crippen molar-refractivity contribution in [2.45, 2.75) is 0 Å². The summed E-state index contributed by atoms with van der Waals surface area (Å²) in [5.74, 6) is 0.447. The summed E-state index contributed by atoms with van der Waals surface area (Å²) in [4.78, 5) is 14.2. The Morgan fingerprint density at radius 2 is 1.20 bits per heavy atom. The van der Waals surface area contributed by atoms with E-state index >= 15 is 0 Å². The number of nitrogens with zero attached hydrogens (tertiary/aromatic N) is 3. The second-order valence-corrected chi connectivity index (χ2v) is 11.0. The van der Waals surface area contributed by atoms with E-state index in [0.717, 1.165) is 27.7 Å². The van der Waals surface area contributed by atoms with Gasteiger partial charge in [-0.3, -0.25) is 0 Å². The third-order valence-electron chi connectivity index (χ3n) is 7.29. The van der Waals surface area contributed by atoms with Crippen molar-refractivity contribution >= 4 is 53.4 Å². The predicted molar refractivity (Wildman–Crippen MR) is 182 cm³/mol. The number of hydrogen-bond acceptors (Lipinski definition) is 5. The molecule has 5 heteroatoms. The van der Waals surface area contributed by atoms with Gasteiger partial charge in [0.05, 0.1) is 15.1 Å². The average Bonchev–Trinajstić information content (AvgIpc) is 3.79. The molecule has 0 bridgehead atoms. The van der Waals surface area contributed by atoms with Crippen LogP contribution < -0.4 is 0 Å². The summed E-state index contributed by atoms with van der Waals surface area (Å²) >= 11 is 0.901. The maximum absolute atomic E-state index is 9.42. The molecule has 9 aromatic rings. The molecule has 0 aliphatic rings. The Morgan fingerprint density at radius 3 is 2.07 bits per heavy atom. The largest absolute Gasteiger partial charge is 0.456 e. The van der Waals surface area contributed by atoms with Gasteiger partial charge >= 0.3 is 0 Å². The van der Waals surface area contributed by atoms with Gasteiger partial charge in [-0.2, -0.15) is 0 Å². The molecule has 0 radical (unpaired) electrons. The van der Waals surface area contributed by atoms with Crippen LogP contribution in [0.3, 0.4) is 0 Å². The summed E-state index contributed by atoms with van der Waals surface area (Å²) in [6.45, 7) is 0. The van der Waals surface area contributed by atoms with Crippen molar-refractivity contribution in [3.63, 3.8) is 0 Å². The van der Waals surface area contributed by atoms with Gasteiger partial charge in [0, 0.05) is 47.6 Å². The van der Waals surface area contributed by atoms with E-state index in [2.05, 4.69) is 0 Å². The predicted octanol–water partition coefficient (Wildman–Crippen LogP) is 10.8. The first kappa shape index (κ1) is 16.3. The molecule has 0 saturated heterocycles. The summed E-state index contributed by atoms with van der Waals surface area (Å²) in [5.41, 5.74) is 1.70. The van der Waals surface area contributed by atoms with E-state index < -0.39 is 66.0 Å². The molecule has 0 aliphatic carbocycles. The van der Waals surface area contributed by atoms with Gasteiger partial charge in [0.25, 0.3) is 0 Å². The zero-order valence-corrected chi connectivity index (χ0v) is 23.4. The second-order valence-electron chi connectivity index (χ2n) is 9.99. The number of para-hydroxylation sites is 1. The van der Waals surface area contributed by atoms with Gasteiger partial charge in [-0.25, -0.2) is 15.0 Å². The molecule has 44 heavy (non-hydrogen) atoms. The normalized spacial score (nSPS) is 15.1. The molecular weight excluding hydrogens is 559 g/mol. The monoisotopic (exact) mass is 592 g/mol. The molecule has 3 heterocycles. The smallest absolute Gasteiger partial charge is 0.164 e. The highest BCUT2D eigenvalue weighted by molar-refractivity contribution is 7.25. The van der Waals surface area contributed by atoms with Gasteiger partial charge in [-0.05, 0) is 47.5 Å². The highest BCUT2D eigenvalue weighted by Crippen LogP contribution is 2.39. The highest BCUT2D eigenvalue weighted by Gasteiger charge is 2.16. The van der Waals surface area contributed by atoms with E-state index in [9.17, 15) is 5.48 Å². The van der Waals surface area contributed by atoms with Crippen LogP contribution in [0.5, 0.6) is 0 Å². The minimum absolute atomic E-state index is 0.00114. The number of aromatic nitrogens is 3. The lowest BCUT2D eigenvalue weighted by molar-refractivity contribution is 0.669. The number of rotatable bonds is 4. The summed E-state index contributed by atoms with van der Waals surface area (Å²) < 4.78 is 103. The number of benzene rings is 6. The first-order chi connectivity index (χ1) is 26.4. The fourth-order valence-electron chi connectivity index (χ4n) is 5.20. The van der Waals surface area contributed by atoms with Crippen molar-refractivity contribution in [3.05, 3.63) is 139 Å². The maximum Gasteiger partial charge on any atom is 0.164 e. The molecular formula is C39H23N3OS. The zero-order chi connectivity index (χ0) is 38.6. The SMILES string of the molecule is [2H]c1c([2H])c([2H])c(-c2c([2H])c([2H])c3sc4c([2H])c(-c5nc(-c6ccccc6)nc(-c6ccc7c(c6)oc6ccccc67)n5)c([2H])c([2H])c4c3c2[2H])c([2H])c1[2H]. The zero-order valence-electron chi connectivity index (χ0n) is 33.6. The minimum Gasteiger partial charge on any atom is -0.456 e. The Morgan fingerprint density at radius 1 is 0.477 bits per heavy atom. The van der Waals surface area contributed by atoms with Crippen LogP contribution in [0.2, 0.25) is 0 Å². The third kappa shape index (κ3) is 4.17. The lowest BCUT2D eigenvalue weighted by Crippen LogP contribution is -2.00. The molecule has 0 atom stereocenters. The Kier molecular flexibility index (Phi) is 3.69. The fourth-order valence-corrected chi connectivity index (χ4v) is 6.17. The summed E-state index contributed by atoms with van der Waals surface area (Å²) in [5, 5.41) is 1.83. The summed E-state index contributed by atoms with van der Waals surface area (Å²) in [6.07, 6.45) is 0. The lowest BCUT2D eigenvalue weighted by atomic mass is 10.0. The Hall–Kier alpha value is -5.65. The average molecular weight is 593 g/mol. The molecule has 3 aromatic heterocycles. The molecule has 0 aliphatic heterocycles. The van der Waals surface area contributed by atoms with Crippen LogP contribution in [0, 0.1) is 0 Å². The van der Waals surface area contributed by atoms with E-state index in [0.29, 0.717) is 16.7 Å². The second kappa shape index (κ2) is 9.97. The molecule has 0 saturated carbocycles. The Labute approximate surface area is 272 Å². The molecule has 9 rings (SSSR count). The van der Waals surface area contributed by atoms with Crippen LogP contribution in [-0.2, 0) is 0 Å². The van der Waals surface area contributed by atoms with Gasteiger partial charge in [0.2, 0.25) is 0 Å². The van der Waals surface area contributed by atoms with Crippen LogP contribution in [0.15, 0.2) is 144 Å². The molecule has 0 unspecified atom stereocenters. The van der Waals surface area contributed by atoms with E-state index in [-0.39, 0.29) is 54.8 Å². The lowest BCUT2D eigenvalue weighted by Gasteiger charge is -2.08. The topological polar surface area (TPSA) is 51.8 Å². The van der Waals surface area contributed by atoms with E-state index in [1.54, 1.807) is 0 Å². The van der Waals surface area contributed by atoms with Crippen LogP contribution in [0.4, 0.5) is 0 Å². The number of furan rings is 1. The van der Waals surface area contributed by atoms with Crippen LogP contribution in [0.1, 0.15) is 15.1 Å². The van der Waals surface area contributed by atoms with Crippen LogP contribution in [0.25, 0.3) is 87.4 Å². The standard InChI is InChI=1S/C39H23N3OS/c1-3-9-24(10-4-1)26-17-20-35-32(21-26)31-19-16-28(23-36(31)44-35)39-41-37(25-11-5-2-6-12-25)40-38(42-39)27-15-18-30-29-13-7-8-14-33(29)43-34(30)22-27/h1-23H/i1D,3D,4D,9D,10D,16D,17D,19D,20D,21D,23D. The molecule has 0 N–H and O–H groups in total. The summed E-state index contributed by atoms with van der Waals surface area (Å²) in [6, 6.07) is 16.7. The van der Waals surface area contributed by atoms with Gasteiger partial charge in [0.1, 0.15) is 11.2 Å². The molecule has 206 valence electrons. The van der Waals surface area contributed by atoms with E-state index in [4.69, 9.17) is 29.0 Å². The van der Waals surface area contributed by atoms with Crippen molar-refractivity contribution in [1.29, 1.82) is 0 Å². The summed E-state index contributed by atoms with van der Waals surface area (Å²) in [7, 11) is 0. The van der Waals surface area contributed by atoms with Crippen molar-refractivity contribution in [1.82, 2.24) is 15.0 Å². The highest BCUT2D eigenvalue weighted by atomic mass is 32.1. The molecule has 0 spiro atoms. The Balaban J connectivity index is 1.31. The number of fused-ring (bicyclic) bond motifs is 6. The quantitative estimate of drug-likeness (QED) is 0.204. The number of hydrogen-bond donors (Lipinski definition) is 0. The molecule has 6 aromatic carbocycles. The fraction of sp³-hybridized carbons (Fsp3) is 0. The van der Waals surface area contributed by atoms with Gasteiger partial charge < -0.3 is 4.42 Å². The van der Waals surface area contributed by atoms with Gasteiger partial charge in [-0.1, -0.05) is 103 Å². The maximum atomic E-state index is 9.42. The first-order valence-electron chi connectivity index (χ1n) is 19.1. The van der Waals surface area contributed by atoms with Gasteiger partial charge in [0.15, 0.2) is 17.5 Å². The van der Waals surface area contributed by atoms with Crippen molar-refractivity contribution in [2.75, 3.05) is 0 Å². The van der Waals surface area contributed by atoms with Crippen molar-refractivity contribution in [2.24, 2.45) is 0 Å². The molecule has 0 fully saturated rings. The van der Waals surface area contributed by atoms with Gasteiger partial charge in [-0.15, -0.1) is 11.3 Å².